The summed E-state index contributed by atoms with van der Waals surface area (Å²) in [6, 6.07) is 0. The van der Waals surface area contributed by atoms with Gasteiger partial charge < -0.3 is 4.74 Å². The van der Waals surface area contributed by atoms with Crippen molar-refractivity contribution in [3.05, 3.63) is 0 Å². The normalized spacial score (nSPS) is 5.75. The van der Waals surface area contributed by atoms with Crippen LogP contribution in [0.2, 0.25) is 0 Å². The Morgan fingerprint density at radius 2 is 2.00 bits per heavy atom. The first-order valence-electron chi connectivity index (χ1n) is 1.90. The molecule has 0 aromatic carbocycles. The SMILES string of the molecule is CCOC(C)=O.F.[B]. The van der Waals surface area contributed by atoms with Gasteiger partial charge in [-0.1, -0.05) is 0 Å². The van der Waals surface area contributed by atoms with E-state index in [-0.39, 0.29) is 19.1 Å². The molecule has 4 heteroatoms. The molecule has 0 aliphatic rings. The fourth-order valence-electron chi connectivity index (χ4n) is 0.203. The Morgan fingerprint density at radius 1 is 1.62 bits per heavy atom. The number of rotatable bonds is 1. The first-order chi connectivity index (χ1) is 2.77. The number of carbonyl (C=O) groups excluding carboxylic acids is 1. The molecule has 0 rings (SSSR count). The molecule has 0 aliphatic heterocycles. The van der Waals surface area contributed by atoms with Crippen LogP contribution < -0.4 is 0 Å². The molecule has 0 aromatic rings. The van der Waals surface area contributed by atoms with Crippen molar-refractivity contribution in [1.29, 1.82) is 0 Å². The molecule has 0 aliphatic carbocycles. The predicted molar refractivity (Wildman–Crippen MR) is 30.6 cm³/mol. The van der Waals surface area contributed by atoms with E-state index in [9.17, 15) is 4.79 Å². The van der Waals surface area contributed by atoms with Crippen LogP contribution in [0.5, 0.6) is 0 Å². The molecular formula is C4H9BFO2. The van der Waals surface area contributed by atoms with E-state index in [2.05, 4.69) is 4.74 Å². The fourth-order valence-corrected chi connectivity index (χ4v) is 0.203. The molecule has 0 heterocycles. The highest BCUT2D eigenvalue weighted by atomic mass is 19.0. The second kappa shape index (κ2) is 9.69. The molecule has 0 unspecified atom stereocenters. The molecule has 2 nitrogen and oxygen atoms in total. The Bertz CT molecular complexity index is 58.0. The standard InChI is InChI=1S/C4H8O2.B.FH/c1-3-6-4(2)5;;/h3H2,1-2H3;;1H. The number of ether oxygens (including phenoxy) is 1. The molecule has 0 saturated heterocycles. The summed E-state index contributed by atoms with van der Waals surface area (Å²) in [5.41, 5.74) is 0. The zero-order chi connectivity index (χ0) is 4.99. The van der Waals surface area contributed by atoms with Crippen molar-refractivity contribution in [1.82, 2.24) is 0 Å². The molecule has 0 saturated carbocycles. The van der Waals surface area contributed by atoms with Crippen LogP contribution in [0.4, 0.5) is 4.70 Å². The van der Waals surface area contributed by atoms with Gasteiger partial charge in [-0.05, 0) is 6.92 Å². The van der Waals surface area contributed by atoms with Crippen molar-refractivity contribution in [3.8, 4) is 0 Å². The van der Waals surface area contributed by atoms with Crippen LogP contribution in [0, 0.1) is 0 Å². The monoisotopic (exact) mass is 119 g/mol. The minimum atomic E-state index is -0.211. The first-order valence-corrected chi connectivity index (χ1v) is 1.90. The average molecular weight is 119 g/mol. The van der Waals surface area contributed by atoms with Gasteiger partial charge in [-0.3, -0.25) is 9.50 Å². The average Bonchev–Trinajstić information content (AvgIpc) is 1.35. The molecule has 0 bridgehead atoms. The molecular weight excluding hydrogens is 110 g/mol. The van der Waals surface area contributed by atoms with E-state index < -0.39 is 0 Å². The molecule has 0 spiro atoms. The lowest BCUT2D eigenvalue weighted by atomic mass is 10.8. The van der Waals surface area contributed by atoms with Gasteiger partial charge in [-0.25, -0.2) is 0 Å². The maximum atomic E-state index is 9.82. The quantitative estimate of drug-likeness (QED) is 0.367. The molecule has 47 valence electrons. The smallest absolute Gasteiger partial charge is 0.302 e. The van der Waals surface area contributed by atoms with Crippen molar-refractivity contribution >= 4 is 14.4 Å². The summed E-state index contributed by atoms with van der Waals surface area (Å²) in [4.78, 5) is 9.82. The minimum absolute atomic E-state index is 0. The van der Waals surface area contributed by atoms with Gasteiger partial charge in [0.05, 0.1) is 6.61 Å². The topological polar surface area (TPSA) is 26.3 Å². The molecule has 0 fully saturated rings. The lowest BCUT2D eigenvalue weighted by molar-refractivity contribution is -0.140. The predicted octanol–water partition coefficient (Wildman–Crippen LogP) is 0.341. The third-order valence-electron chi connectivity index (χ3n) is 0.348. The molecule has 0 amide bonds. The number of hydrogen-bond donors (Lipinski definition) is 0. The Labute approximate surface area is 50.2 Å². The highest BCUT2D eigenvalue weighted by Gasteiger charge is 1.81. The van der Waals surface area contributed by atoms with Gasteiger partial charge in [-0.2, -0.15) is 0 Å². The van der Waals surface area contributed by atoms with Gasteiger partial charge in [0.25, 0.3) is 0 Å². The second-order valence-electron chi connectivity index (χ2n) is 0.925. The van der Waals surface area contributed by atoms with Crippen LogP contribution >= 0.6 is 0 Å². The third-order valence-corrected chi connectivity index (χ3v) is 0.348. The number of hydrogen-bond acceptors (Lipinski definition) is 2. The lowest BCUT2D eigenvalue weighted by Gasteiger charge is -1.89. The van der Waals surface area contributed by atoms with Gasteiger partial charge in [0, 0.05) is 15.3 Å². The zero-order valence-corrected chi connectivity index (χ0v) is 5.01. The summed E-state index contributed by atoms with van der Waals surface area (Å²) in [6.45, 7) is 3.65. The summed E-state index contributed by atoms with van der Waals surface area (Å²) in [7, 11) is 0. The van der Waals surface area contributed by atoms with Gasteiger partial charge in [0.15, 0.2) is 0 Å². The van der Waals surface area contributed by atoms with Gasteiger partial charge in [0.2, 0.25) is 0 Å². The highest BCUT2D eigenvalue weighted by molar-refractivity contribution is 5.75. The van der Waals surface area contributed by atoms with Crippen molar-refractivity contribution in [3.63, 3.8) is 0 Å². The molecule has 0 atom stereocenters. The maximum Gasteiger partial charge on any atom is 0.302 e. The van der Waals surface area contributed by atoms with Gasteiger partial charge in [0.1, 0.15) is 0 Å². The second-order valence-corrected chi connectivity index (χ2v) is 0.925. The van der Waals surface area contributed by atoms with E-state index in [0.29, 0.717) is 6.61 Å². The number of halogens is 1. The third kappa shape index (κ3) is 17.9. The number of esters is 1. The maximum absolute atomic E-state index is 9.82. The van der Waals surface area contributed by atoms with Crippen molar-refractivity contribution in [2.75, 3.05) is 6.61 Å². The molecule has 8 heavy (non-hydrogen) atoms. The lowest BCUT2D eigenvalue weighted by Crippen LogP contribution is -1.95. The zero-order valence-electron chi connectivity index (χ0n) is 5.01. The van der Waals surface area contributed by atoms with Crippen LogP contribution in [0.1, 0.15) is 13.8 Å². The van der Waals surface area contributed by atoms with E-state index in [1.54, 1.807) is 6.92 Å². The van der Waals surface area contributed by atoms with Crippen molar-refractivity contribution < 1.29 is 14.2 Å². The summed E-state index contributed by atoms with van der Waals surface area (Å²) in [5, 5.41) is 0. The molecule has 0 aromatic heterocycles. The van der Waals surface area contributed by atoms with E-state index in [1.165, 1.54) is 6.92 Å². The first kappa shape index (κ1) is 15.7. The van der Waals surface area contributed by atoms with Gasteiger partial charge >= 0.3 is 5.97 Å². The Balaban J connectivity index is -0.000000125. The Morgan fingerprint density at radius 3 is 2.00 bits per heavy atom. The van der Waals surface area contributed by atoms with Gasteiger partial charge in [-0.15, -0.1) is 0 Å². The molecule has 0 N–H and O–H groups in total. The largest absolute Gasteiger partial charge is 0.466 e. The van der Waals surface area contributed by atoms with E-state index in [0.717, 1.165) is 0 Å². The fraction of sp³-hybridized carbons (Fsp3) is 0.750. The molecule has 3 radical (unpaired) electrons. The summed E-state index contributed by atoms with van der Waals surface area (Å²) in [6.07, 6.45) is 0. The van der Waals surface area contributed by atoms with Crippen LogP contribution in [0.25, 0.3) is 0 Å². The van der Waals surface area contributed by atoms with Crippen LogP contribution in [-0.4, -0.2) is 21.0 Å². The Kier molecular flexibility index (Phi) is 18.9. The van der Waals surface area contributed by atoms with Crippen LogP contribution in [0.3, 0.4) is 0 Å². The van der Waals surface area contributed by atoms with Crippen LogP contribution in [0.15, 0.2) is 0 Å². The van der Waals surface area contributed by atoms with Crippen molar-refractivity contribution in [2.45, 2.75) is 13.8 Å². The van der Waals surface area contributed by atoms with E-state index in [1.807, 2.05) is 0 Å². The summed E-state index contributed by atoms with van der Waals surface area (Å²) in [5.74, 6) is -0.211. The summed E-state index contributed by atoms with van der Waals surface area (Å²) >= 11 is 0. The highest BCUT2D eigenvalue weighted by Crippen LogP contribution is 1.69. The summed E-state index contributed by atoms with van der Waals surface area (Å²) < 4.78 is 4.40. The van der Waals surface area contributed by atoms with E-state index in [4.69, 9.17) is 0 Å². The Hall–Kier alpha value is -0.535. The minimum Gasteiger partial charge on any atom is -0.466 e. The van der Waals surface area contributed by atoms with Crippen LogP contribution in [-0.2, 0) is 9.53 Å². The number of carbonyl (C=O) groups is 1. The van der Waals surface area contributed by atoms with E-state index >= 15 is 0 Å². The van der Waals surface area contributed by atoms with Crippen molar-refractivity contribution in [2.24, 2.45) is 0 Å².